The Morgan fingerprint density at radius 3 is 2.48 bits per heavy atom. The number of carbonyl (C=O) groups excluding carboxylic acids is 2. The van der Waals surface area contributed by atoms with Crippen molar-refractivity contribution in [3.8, 4) is 0 Å². The molecule has 1 aromatic carbocycles. The average Bonchev–Trinajstić information content (AvgIpc) is 2.55. The first-order chi connectivity index (χ1) is 11.2. The van der Waals surface area contributed by atoms with Crippen molar-refractivity contribution in [2.45, 2.75) is 13.8 Å². The van der Waals surface area contributed by atoms with E-state index < -0.39 is 11.9 Å². The molecule has 0 saturated carbocycles. The molecule has 0 atom stereocenters. The van der Waals surface area contributed by atoms with Crippen LogP contribution in [0.3, 0.4) is 0 Å². The number of anilines is 1. The van der Waals surface area contributed by atoms with E-state index in [0.29, 0.717) is 0 Å². The second-order valence-electron chi connectivity index (χ2n) is 4.55. The zero-order chi connectivity index (χ0) is 16.7. The third kappa shape index (κ3) is 4.06. The zero-order valence-electron chi connectivity index (χ0n) is 13.0. The second-order valence-corrected chi connectivity index (χ2v) is 4.55. The standard InChI is InChI=1S/C17H18N2O4/c1-3-22-16(20)14(17(21)23-4-2)11-19-15-7-5-6-12-10-18-9-8-13(12)15/h5-11,19H,3-4H2,1-2H3. The van der Waals surface area contributed by atoms with Gasteiger partial charge in [0.2, 0.25) is 0 Å². The van der Waals surface area contributed by atoms with Gasteiger partial charge in [0.25, 0.3) is 0 Å². The Bertz CT molecular complexity index is 715. The van der Waals surface area contributed by atoms with E-state index >= 15 is 0 Å². The smallest absolute Gasteiger partial charge is 0.347 e. The number of hydrogen-bond acceptors (Lipinski definition) is 6. The lowest BCUT2D eigenvalue weighted by atomic mass is 10.1. The van der Waals surface area contributed by atoms with Crippen LogP contribution in [-0.2, 0) is 19.1 Å². The Morgan fingerprint density at radius 2 is 1.83 bits per heavy atom. The summed E-state index contributed by atoms with van der Waals surface area (Å²) in [4.78, 5) is 27.9. The van der Waals surface area contributed by atoms with E-state index in [1.54, 1.807) is 26.2 Å². The predicted octanol–water partition coefficient (Wildman–Crippen LogP) is 2.66. The lowest BCUT2D eigenvalue weighted by Gasteiger charge is -2.09. The topological polar surface area (TPSA) is 77.5 Å². The Labute approximate surface area is 134 Å². The van der Waals surface area contributed by atoms with Crippen molar-refractivity contribution in [2.24, 2.45) is 0 Å². The van der Waals surface area contributed by atoms with Crippen molar-refractivity contribution in [1.82, 2.24) is 4.98 Å². The van der Waals surface area contributed by atoms with Crippen molar-refractivity contribution >= 4 is 28.4 Å². The molecule has 2 rings (SSSR count). The molecule has 0 aliphatic carbocycles. The summed E-state index contributed by atoms with van der Waals surface area (Å²) < 4.78 is 9.78. The van der Waals surface area contributed by atoms with Gasteiger partial charge in [-0.05, 0) is 26.0 Å². The molecule has 6 heteroatoms. The van der Waals surface area contributed by atoms with Crippen LogP contribution in [0.1, 0.15) is 13.8 Å². The van der Waals surface area contributed by atoms with E-state index in [2.05, 4.69) is 10.3 Å². The Morgan fingerprint density at radius 1 is 1.13 bits per heavy atom. The van der Waals surface area contributed by atoms with Gasteiger partial charge in [-0.25, -0.2) is 9.59 Å². The van der Waals surface area contributed by atoms with E-state index in [1.165, 1.54) is 6.20 Å². The van der Waals surface area contributed by atoms with E-state index in [-0.39, 0.29) is 18.8 Å². The van der Waals surface area contributed by atoms with Crippen LogP contribution in [0.2, 0.25) is 0 Å². The number of rotatable bonds is 6. The molecule has 2 aromatic rings. The van der Waals surface area contributed by atoms with Crippen molar-refractivity contribution in [2.75, 3.05) is 18.5 Å². The molecule has 120 valence electrons. The molecule has 0 saturated heterocycles. The number of aromatic nitrogens is 1. The number of benzene rings is 1. The third-order valence-electron chi connectivity index (χ3n) is 3.04. The van der Waals surface area contributed by atoms with E-state index in [1.807, 2.05) is 24.3 Å². The summed E-state index contributed by atoms with van der Waals surface area (Å²) in [5.41, 5.74) is 0.566. The number of pyridine rings is 1. The van der Waals surface area contributed by atoms with E-state index in [9.17, 15) is 9.59 Å². The van der Waals surface area contributed by atoms with Crippen molar-refractivity contribution < 1.29 is 19.1 Å². The van der Waals surface area contributed by atoms with Crippen LogP contribution in [0, 0.1) is 0 Å². The lowest BCUT2D eigenvalue weighted by molar-refractivity contribution is -0.146. The molecule has 0 fully saturated rings. The van der Waals surface area contributed by atoms with Gasteiger partial charge in [0.15, 0.2) is 5.57 Å². The van der Waals surface area contributed by atoms with Gasteiger partial charge in [-0.2, -0.15) is 0 Å². The van der Waals surface area contributed by atoms with Crippen LogP contribution >= 0.6 is 0 Å². The van der Waals surface area contributed by atoms with Gasteiger partial charge in [0.1, 0.15) is 0 Å². The summed E-state index contributed by atoms with van der Waals surface area (Å²) in [5.74, 6) is -1.44. The van der Waals surface area contributed by atoms with Crippen LogP contribution in [0.15, 0.2) is 48.4 Å². The van der Waals surface area contributed by atoms with Gasteiger partial charge in [-0.15, -0.1) is 0 Å². The highest BCUT2D eigenvalue weighted by atomic mass is 16.6. The van der Waals surface area contributed by atoms with Gasteiger partial charge in [0.05, 0.1) is 13.2 Å². The number of esters is 2. The predicted molar refractivity (Wildman–Crippen MR) is 86.7 cm³/mol. The molecule has 0 unspecified atom stereocenters. The van der Waals surface area contributed by atoms with Crippen LogP contribution in [0.4, 0.5) is 5.69 Å². The second kappa shape index (κ2) is 7.93. The lowest BCUT2D eigenvalue weighted by Crippen LogP contribution is -2.19. The number of nitrogens with zero attached hydrogens (tertiary/aromatic N) is 1. The first-order valence-corrected chi connectivity index (χ1v) is 7.31. The van der Waals surface area contributed by atoms with Crippen molar-refractivity contribution in [3.05, 3.63) is 48.4 Å². The molecule has 0 spiro atoms. The summed E-state index contributed by atoms with van der Waals surface area (Å²) in [6, 6.07) is 7.47. The molecular formula is C17H18N2O4. The normalized spacial score (nSPS) is 10.0. The van der Waals surface area contributed by atoms with E-state index in [0.717, 1.165) is 16.5 Å². The first-order valence-electron chi connectivity index (χ1n) is 7.31. The molecule has 1 heterocycles. The van der Waals surface area contributed by atoms with Crippen molar-refractivity contribution in [1.29, 1.82) is 0 Å². The molecule has 0 aliphatic rings. The number of ether oxygens (including phenoxy) is 2. The highest BCUT2D eigenvalue weighted by Crippen LogP contribution is 2.22. The SMILES string of the molecule is CCOC(=O)C(=CNc1cccc2cnccc12)C(=O)OCC. The Kier molecular flexibility index (Phi) is 5.68. The van der Waals surface area contributed by atoms with Gasteiger partial charge in [0, 0.05) is 35.1 Å². The quantitative estimate of drug-likeness (QED) is 0.382. The van der Waals surface area contributed by atoms with Crippen LogP contribution in [0.5, 0.6) is 0 Å². The van der Waals surface area contributed by atoms with Crippen LogP contribution < -0.4 is 5.32 Å². The molecule has 0 aliphatic heterocycles. The van der Waals surface area contributed by atoms with Gasteiger partial charge in [-0.3, -0.25) is 4.98 Å². The molecular weight excluding hydrogens is 296 g/mol. The Balaban J connectivity index is 2.31. The van der Waals surface area contributed by atoms with Crippen molar-refractivity contribution in [3.63, 3.8) is 0 Å². The molecule has 0 bridgehead atoms. The van der Waals surface area contributed by atoms with Gasteiger partial charge in [-0.1, -0.05) is 12.1 Å². The molecule has 1 N–H and O–H groups in total. The van der Waals surface area contributed by atoms with Crippen LogP contribution in [-0.4, -0.2) is 30.1 Å². The highest BCUT2D eigenvalue weighted by Gasteiger charge is 2.21. The molecule has 23 heavy (non-hydrogen) atoms. The Hall–Kier alpha value is -2.89. The number of nitrogens with one attached hydrogen (secondary N) is 1. The fraction of sp³-hybridized carbons (Fsp3) is 0.235. The first kappa shape index (κ1) is 16.5. The van der Waals surface area contributed by atoms with Crippen LogP contribution in [0.25, 0.3) is 10.8 Å². The molecule has 6 nitrogen and oxygen atoms in total. The number of fused-ring (bicyclic) bond motifs is 1. The average molecular weight is 314 g/mol. The summed E-state index contributed by atoms with van der Waals surface area (Å²) in [6.07, 6.45) is 4.72. The third-order valence-corrected chi connectivity index (χ3v) is 3.04. The van der Waals surface area contributed by atoms with Gasteiger partial charge < -0.3 is 14.8 Å². The minimum absolute atomic E-state index is 0.176. The molecule has 0 radical (unpaired) electrons. The minimum Gasteiger partial charge on any atom is -0.462 e. The summed E-state index contributed by atoms with van der Waals surface area (Å²) in [5, 5.41) is 4.84. The van der Waals surface area contributed by atoms with E-state index in [4.69, 9.17) is 9.47 Å². The molecule has 1 aromatic heterocycles. The zero-order valence-corrected chi connectivity index (χ0v) is 13.0. The fourth-order valence-electron chi connectivity index (χ4n) is 2.02. The highest BCUT2D eigenvalue weighted by molar-refractivity contribution is 6.14. The number of carbonyl (C=O) groups is 2. The summed E-state index contributed by atoms with van der Waals surface area (Å²) in [7, 11) is 0. The summed E-state index contributed by atoms with van der Waals surface area (Å²) >= 11 is 0. The minimum atomic E-state index is -0.722. The summed E-state index contributed by atoms with van der Waals surface area (Å²) in [6.45, 7) is 3.70. The fourth-order valence-corrected chi connectivity index (χ4v) is 2.02. The maximum atomic E-state index is 11.9. The maximum absolute atomic E-state index is 11.9. The van der Waals surface area contributed by atoms with Gasteiger partial charge >= 0.3 is 11.9 Å². The largest absolute Gasteiger partial charge is 0.462 e. The maximum Gasteiger partial charge on any atom is 0.347 e. The number of hydrogen-bond donors (Lipinski definition) is 1. The monoisotopic (exact) mass is 314 g/mol. The molecule has 0 amide bonds.